The lowest BCUT2D eigenvalue weighted by atomic mass is 10.0. The predicted molar refractivity (Wildman–Crippen MR) is 97.8 cm³/mol. The lowest BCUT2D eigenvalue weighted by Crippen LogP contribution is -2.37. The number of rotatable bonds is 4. The van der Waals surface area contributed by atoms with Crippen molar-refractivity contribution in [2.24, 2.45) is 5.92 Å². The zero-order valence-corrected chi connectivity index (χ0v) is 15.9. The van der Waals surface area contributed by atoms with Gasteiger partial charge in [-0.2, -0.15) is 4.31 Å². The zero-order valence-electron chi connectivity index (χ0n) is 13.5. The molecule has 1 aliphatic heterocycles. The molecule has 0 N–H and O–H groups in total. The molecule has 4 nitrogen and oxygen atoms in total. The van der Waals surface area contributed by atoms with E-state index in [0.717, 1.165) is 17.3 Å². The molecule has 0 aliphatic carbocycles. The van der Waals surface area contributed by atoms with E-state index >= 15 is 0 Å². The molecule has 24 heavy (non-hydrogen) atoms. The highest BCUT2D eigenvalue weighted by Crippen LogP contribution is 2.27. The third-order valence-corrected chi connectivity index (χ3v) is 6.69. The molecule has 3 rings (SSSR count). The summed E-state index contributed by atoms with van der Waals surface area (Å²) in [6.07, 6.45) is 1.84. The molecule has 1 fully saturated rings. The minimum Gasteiger partial charge on any atom is -0.457 e. The molecule has 1 saturated heterocycles. The smallest absolute Gasteiger partial charge is 0.243 e. The summed E-state index contributed by atoms with van der Waals surface area (Å²) in [7, 11) is -3.41. The molecule has 0 saturated carbocycles. The first-order valence-corrected chi connectivity index (χ1v) is 10.2. The number of ether oxygens (including phenoxy) is 1. The van der Waals surface area contributed by atoms with Gasteiger partial charge >= 0.3 is 0 Å². The van der Waals surface area contributed by atoms with E-state index in [1.807, 2.05) is 24.3 Å². The van der Waals surface area contributed by atoms with Gasteiger partial charge in [-0.1, -0.05) is 22.9 Å². The molecule has 2 aromatic carbocycles. The number of halogens is 1. The first kappa shape index (κ1) is 17.5. The Labute approximate surface area is 151 Å². The molecule has 2 aromatic rings. The van der Waals surface area contributed by atoms with Crippen molar-refractivity contribution in [3.63, 3.8) is 0 Å². The van der Waals surface area contributed by atoms with Gasteiger partial charge in [0.05, 0.1) is 4.90 Å². The highest BCUT2D eigenvalue weighted by molar-refractivity contribution is 9.10. The topological polar surface area (TPSA) is 46.6 Å². The SMILES string of the molecule is CC1CCN(S(=O)(=O)c2ccc(Oc3ccc(Br)cc3)cc2)CC1. The molecule has 0 unspecified atom stereocenters. The van der Waals surface area contributed by atoms with Crippen LogP contribution in [0.2, 0.25) is 0 Å². The van der Waals surface area contributed by atoms with Crippen molar-refractivity contribution < 1.29 is 13.2 Å². The van der Waals surface area contributed by atoms with Crippen molar-refractivity contribution in [2.75, 3.05) is 13.1 Å². The van der Waals surface area contributed by atoms with Gasteiger partial charge < -0.3 is 4.74 Å². The molecular weight excluding hydrogens is 390 g/mol. The maximum absolute atomic E-state index is 12.7. The number of hydrogen-bond acceptors (Lipinski definition) is 3. The van der Waals surface area contributed by atoms with Gasteiger partial charge in [-0.15, -0.1) is 0 Å². The minimum atomic E-state index is -3.41. The molecule has 128 valence electrons. The lowest BCUT2D eigenvalue weighted by molar-refractivity contribution is 0.288. The van der Waals surface area contributed by atoms with Crippen molar-refractivity contribution in [3.8, 4) is 11.5 Å². The summed E-state index contributed by atoms with van der Waals surface area (Å²) in [6, 6.07) is 14.1. The summed E-state index contributed by atoms with van der Waals surface area (Å²) >= 11 is 3.38. The van der Waals surface area contributed by atoms with Crippen LogP contribution in [0.3, 0.4) is 0 Å². The maximum Gasteiger partial charge on any atom is 0.243 e. The van der Waals surface area contributed by atoms with Gasteiger partial charge in [-0.3, -0.25) is 0 Å². The van der Waals surface area contributed by atoms with Crippen LogP contribution in [0.5, 0.6) is 11.5 Å². The van der Waals surface area contributed by atoms with E-state index in [1.165, 1.54) is 0 Å². The predicted octanol–water partition coefficient (Wildman–Crippen LogP) is 4.66. The summed E-state index contributed by atoms with van der Waals surface area (Å²) in [4.78, 5) is 0.320. The first-order chi connectivity index (χ1) is 11.4. The average molecular weight is 410 g/mol. The second kappa shape index (κ2) is 7.25. The fraction of sp³-hybridized carbons (Fsp3) is 0.333. The molecule has 0 aromatic heterocycles. The van der Waals surface area contributed by atoms with Crippen LogP contribution in [0.4, 0.5) is 0 Å². The van der Waals surface area contributed by atoms with Crippen LogP contribution in [0.15, 0.2) is 57.9 Å². The third-order valence-electron chi connectivity index (χ3n) is 4.25. The monoisotopic (exact) mass is 409 g/mol. The highest BCUT2D eigenvalue weighted by Gasteiger charge is 2.27. The minimum absolute atomic E-state index is 0.320. The Morgan fingerprint density at radius 2 is 1.46 bits per heavy atom. The van der Waals surface area contributed by atoms with Crippen molar-refractivity contribution in [1.29, 1.82) is 0 Å². The van der Waals surface area contributed by atoms with Crippen molar-refractivity contribution in [3.05, 3.63) is 53.0 Å². The van der Waals surface area contributed by atoms with E-state index < -0.39 is 10.0 Å². The van der Waals surface area contributed by atoms with Gasteiger partial charge in [0.15, 0.2) is 0 Å². The zero-order chi connectivity index (χ0) is 17.2. The largest absolute Gasteiger partial charge is 0.457 e. The molecular formula is C18H20BrNO3S. The second-order valence-corrected chi connectivity index (χ2v) is 8.97. The average Bonchev–Trinajstić information content (AvgIpc) is 2.58. The van der Waals surface area contributed by atoms with Crippen LogP contribution in [0.1, 0.15) is 19.8 Å². The van der Waals surface area contributed by atoms with E-state index in [9.17, 15) is 8.42 Å². The highest BCUT2D eigenvalue weighted by atomic mass is 79.9. The molecule has 0 radical (unpaired) electrons. The van der Waals surface area contributed by atoms with Gasteiger partial charge in [-0.25, -0.2) is 8.42 Å². The molecule has 6 heteroatoms. The van der Waals surface area contributed by atoms with E-state index in [1.54, 1.807) is 28.6 Å². The van der Waals surface area contributed by atoms with E-state index in [2.05, 4.69) is 22.9 Å². The quantitative estimate of drug-likeness (QED) is 0.737. The summed E-state index contributed by atoms with van der Waals surface area (Å²) in [5.74, 6) is 1.92. The van der Waals surface area contributed by atoms with E-state index in [-0.39, 0.29) is 0 Å². The van der Waals surface area contributed by atoms with Crippen LogP contribution in [0, 0.1) is 5.92 Å². The number of hydrogen-bond donors (Lipinski definition) is 0. The van der Waals surface area contributed by atoms with Crippen molar-refractivity contribution in [2.45, 2.75) is 24.7 Å². The number of sulfonamides is 1. The lowest BCUT2D eigenvalue weighted by Gasteiger charge is -2.29. The van der Waals surface area contributed by atoms with Gasteiger partial charge in [0.25, 0.3) is 0 Å². The van der Waals surface area contributed by atoms with Crippen LogP contribution in [-0.2, 0) is 10.0 Å². The molecule has 0 amide bonds. The van der Waals surface area contributed by atoms with Crippen LogP contribution >= 0.6 is 15.9 Å². The molecule has 0 spiro atoms. The van der Waals surface area contributed by atoms with Crippen molar-refractivity contribution >= 4 is 26.0 Å². The fourth-order valence-corrected chi connectivity index (χ4v) is 4.43. The third kappa shape index (κ3) is 3.99. The number of piperidine rings is 1. The van der Waals surface area contributed by atoms with Crippen molar-refractivity contribution in [1.82, 2.24) is 4.31 Å². The maximum atomic E-state index is 12.7. The summed E-state index contributed by atoms with van der Waals surface area (Å²) in [5, 5.41) is 0. The Bertz CT molecular complexity index is 780. The number of benzene rings is 2. The Morgan fingerprint density at radius 3 is 2.00 bits per heavy atom. The molecule has 0 atom stereocenters. The molecule has 1 heterocycles. The summed E-state index contributed by atoms with van der Waals surface area (Å²) < 4.78 is 33.7. The normalized spacial score (nSPS) is 16.9. The summed E-state index contributed by atoms with van der Waals surface area (Å²) in [6.45, 7) is 3.36. The van der Waals surface area contributed by atoms with Gasteiger partial charge in [0.2, 0.25) is 10.0 Å². The first-order valence-electron chi connectivity index (χ1n) is 7.99. The van der Waals surface area contributed by atoms with Crippen LogP contribution in [-0.4, -0.2) is 25.8 Å². The van der Waals surface area contributed by atoms with Gasteiger partial charge in [0.1, 0.15) is 11.5 Å². The van der Waals surface area contributed by atoms with Gasteiger partial charge in [-0.05, 0) is 67.3 Å². The summed E-state index contributed by atoms with van der Waals surface area (Å²) in [5.41, 5.74) is 0. The van der Waals surface area contributed by atoms with Crippen LogP contribution < -0.4 is 4.74 Å². The Balaban J connectivity index is 1.72. The standard InChI is InChI=1S/C18H20BrNO3S/c1-14-10-12-20(13-11-14)24(21,22)18-8-6-17(7-9-18)23-16-4-2-15(19)3-5-16/h2-9,14H,10-13H2,1H3. The second-order valence-electron chi connectivity index (χ2n) is 6.11. The Kier molecular flexibility index (Phi) is 5.27. The Morgan fingerprint density at radius 1 is 0.958 bits per heavy atom. The molecule has 1 aliphatic rings. The molecule has 0 bridgehead atoms. The van der Waals surface area contributed by atoms with E-state index in [4.69, 9.17) is 4.74 Å². The number of nitrogens with zero attached hydrogens (tertiary/aromatic N) is 1. The van der Waals surface area contributed by atoms with Gasteiger partial charge in [0, 0.05) is 17.6 Å². The van der Waals surface area contributed by atoms with Crippen LogP contribution in [0.25, 0.3) is 0 Å². The Hall–Kier alpha value is -1.37. The van der Waals surface area contributed by atoms with E-state index in [0.29, 0.717) is 35.4 Å². The fourth-order valence-electron chi connectivity index (χ4n) is 2.69.